The van der Waals surface area contributed by atoms with E-state index in [-0.39, 0.29) is 11.7 Å². The maximum absolute atomic E-state index is 12.8. The molecule has 4 nitrogen and oxygen atoms in total. The first-order valence-corrected chi connectivity index (χ1v) is 5.93. The molecule has 6 heteroatoms. The predicted octanol–water partition coefficient (Wildman–Crippen LogP) is 1.97. The van der Waals surface area contributed by atoms with Crippen molar-refractivity contribution in [2.24, 2.45) is 0 Å². The third-order valence-corrected chi connectivity index (χ3v) is 3.05. The quantitative estimate of drug-likeness (QED) is 0.846. The standard InChI is InChI=1S/C11H12FNO3S/c1-7(11(15)16)17-6-10(14)13-9-4-2-3-8(12)5-9/h2-5,7H,6H2,1H3,(H,13,14)(H,15,16). The number of thioether (sulfide) groups is 1. The highest BCUT2D eigenvalue weighted by atomic mass is 32.2. The number of carbonyl (C=O) groups is 2. The van der Waals surface area contributed by atoms with Crippen LogP contribution >= 0.6 is 11.8 Å². The molecular weight excluding hydrogens is 245 g/mol. The minimum absolute atomic E-state index is 0.0178. The van der Waals surface area contributed by atoms with Gasteiger partial charge >= 0.3 is 5.97 Å². The lowest BCUT2D eigenvalue weighted by Crippen LogP contribution is -2.19. The topological polar surface area (TPSA) is 66.4 Å². The molecule has 0 aliphatic rings. The molecule has 0 spiro atoms. The monoisotopic (exact) mass is 257 g/mol. The van der Waals surface area contributed by atoms with Crippen molar-refractivity contribution in [3.8, 4) is 0 Å². The van der Waals surface area contributed by atoms with E-state index in [1.54, 1.807) is 6.07 Å². The lowest BCUT2D eigenvalue weighted by Gasteiger charge is -2.07. The van der Waals surface area contributed by atoms with Crippen LogP contribution in [0.4, 0.5) is 10.1 Å². The summed E-state index contributed by atoms with van der Waals surface area (Å²) in [5.74, 6) is -1.74. The van der Waals surface area contributed by atoms with E-state index in [9.17, 15) is 14.0 Å². The molecule has 0 aliphatic heterocycles. The van der Waals surface area contributed by atoms with Crippen LogP contribution in [0.2, 0.25) is 0 Å². The van der Waals surface area contributed by atoms with Crippen molar-refractivity contribution >= 4 is 29.3 Å². The Morgan fingerprint density at radius 2 is 2.24 bits per heavy atom. The van der Waals surface area contributed by atoms with Crippen molar-refractivity contribution in [3.63, 3.8) is 0 Å². The Morgan fingerprint density at radius 1 is 1.53 bits per heavy atom. The van der Waals surface area contributed by atoms with Gasteiger partial charge in [-0.05, 0) is 25.1 Å². The number of nitrogens with one attached hydrogen (secondary N) is 1. The fraction of sp³-hybridized carbons (Fsp3) is 0.273. The Labute approximate surface area is 102 Å². The summed E-state index contributed by atoms with van der Waals surface area (Å²) < 4.78 is 12.8. The first kappa shape index (κ1) is 13.5. The molecule has 0 saturated carbocycles. The van der Waals surface area contributed by atoms with Crippen LogP contribution in [0.3, 0.4) is 0 Å². The molecule has 0 heterocycles. The Bertz CT molecular complexity index is 425. The first-order chi connectivity index (χ1) is 7.99. The summed E-state index contributed by atoms with van der Waals surface area (Å²) in [4.78, 5) is 21.9. The van der Waals surface area contributed by atoms with Gasteiger partial charge in [0.05, 0.1) is 11.0 Å². The van der Waals surface area contributed by atoms with Crippen LogP contribution in [-0.4, -0.2) is 28.0 Å². The summed E-state index contributed by atoms with van der Waals surface area (Å²) in [6, 6.07) is 5.52. The molecule has 1 unspecified atom stereocenters. The van der Waals surface area contributed by atoms with Crippen molar-refractivity contribution in [2.75, 3.05) is 11.1 Å². The lowest BCUT2D eigenvalue weighted by atomic mass is 10.3. The summed E-state index contributed by atoms with van der Waals surface area (Å²) in [6.45, 7) is 1.50. The van der Waals surface area contributed by atoms with Gasteiger partial charge in [0.2, 0.25) is 5.91 Å². The number of halogens is 1. The van der Waals surface area contributed by atoms with Crippen molar-refractivity contribution in [1.29, 1.82) is 0 Å². The van der Waals surface area contributed by atoms with E-state index in [1.807, 2.05) is 0 Å². The highest BCUT2D eigenvalue weighted by Crippen LogP contribution is 2.13. The highest BCUT2D eigenvalue weighted by Gasteiger charge is 2.13. The third kappa shape index (κ3) is 4.86. The maximum atomic E-state index is 12.8. The van der Waals surface area contributed by atoms with Gasteiger partial charge in [-0.25, -0.2) is 4.39 Å². The number of anilines is 1. The minimum Gasteiger partial charge on any atom is -0.480 e. The van der Waals surface area contributed by atoms with E-state index in [0.29, 0.717) is 5.69 Å². The number of carboxylic acids is 1. The second kappa shape index (κ2) is 6.24. The van der Waals surface area contributed by atoms with Gasteiger partial charge in [-0.2, -0.15) is 0 Å². The van der Waals surface area contributed by atoms with E-state index in [4.69, 9.17) is 5.11 Å². The molecule has 0 fully saturated rings. The molecule has 2 N–H and O–H groups in total. The van der Waals surface area contributed by atoms with E-state index >= 15 is 0 Å². The zero-order valence-electron chi connectivity index (χ0n) is 9.14. The van der Waals surface area contributed by atoms with E-state index in [0.717, 1.165) is 11.8 Å². The number of benzene rings is 1. The van der Waals surface area contributed by atoms with Gasteiger partial charge in [-0.3, -0.25) is 9.59 Å². The van der Waals surface area contributed by atoms with E-state index < -0.39 is 17.0 Å². The van der Waals surface area contributed by atoms with Gasteiger partial charge in [-0.15, -0.1) is 11.8 Å². The van der Waals surface area contributed by atoms with Crippen LogP contribution in [0.25, 0.3) is 0 Å². The minimum atomic E-state index is -0.964. The fourth-order valence-electron chi connectivity index (χ4n) is 1.04. The second-order valence-corrected chi connectivity index (χ2v) is 4.68. The lowest BCUT2D eigenvalue weighted by molar-refractivity contribution is -0.136. The maximum Gasteiger partial charge on any atom is 0.316 e. The van der Waals surface area contributed by atoms with Crippen molar-refractivity contribution in [1.82, 2.24) is 0 Å². The molecule has 0 radical (unpaired) electrons. The summed E-state index contributed by atoms with van der Waals surface area (Å²) in [5, 5.41) is 10.5. The zero-order valence-corrected chi connectivity index (χ0v) is 9.96. The smallest absolute Gasteiger partial charge is 0.316 e. The number of amides is 1. The Kier molecular flexibility index (Phi) is 4.96. The summed E-state index contributed by atoms with van der Waals surface area (Å²) in [7, 11) is 0. The van der Waals surface area contributed by atoms with Crippen molar-refractivity contribution in [3.05, 3.63) is 30.1 Å². The normalized spacial score (nSPS) is 11.9. The highest BCUT2D eigenvalue weighted by molar-refractivity contribution is 8.01. The molecular formula is C11H12FNO3S. The van der Waals surface area contributed by atoms with Gasteiger partial charge in [-0.1, -0.05) is 6.07 Å². The second-order valence-electron chi connectivity index (χ2n) is 3.35. The SMILES string of the molecule is CC(SCC(=O)Nc1cccc(F)c1)C(=O)O. The molecule has 1 aromatic carbocycles. The van der Waals surface area contributed by atoms with Crippen LogP contribution in [0.5, 0.6) is 0 Å². The number of rotatable bonds is 5. The van der Waals surface area contributed by atoms with E-state index in [1.165, 1.54) is 25.1 Å². The molecule has 17 heavy (non-hydrogen) atoms. The largest absolute Gasteiger partial charge is 0.480 e. The number of aliphatic carboxylic acids is 1. The Morgan fingerprint density at radius 3 is 2.82 bits per heavy atom. The molecule has 0 bridgehead atoms. The molecule has 1 rings (SSSR count). The molecule has 0 aliphatic carbocycles. The van der Waals surface area contributed by atoms with Gasteiger partial charge < -0.3 is 10.4 Å². The number of carbonyl (C=O) groups excluding carboxylic acids is 1. The van der Waals surface area contributed by atoms with Crippen molar-refractivity contribution < 1.29 is 19.1 Å². The Hall–Kier alpha value is -1.56. The van der Waals surface area contributed by atoms with Crippen LogP contribution in [0.1, 0.15) is 6.92 Å². The van der Waals surface area contributed by atoms with Crippen LogP contribution < -0.4 is 5.32 Å². The van der Waals surface area contributed by atoms with Gasteiger partial charge in [0.25, 0.3) is 0 Å². The van der Waals surface area contributed by atoms with Crippen LogP contribution in [-0.2, 0) is 9.59 Å². The molecule has 1 aromatic rings. The van der Waals surface area contributed by atoms with Crippen LogP contribution in [0, 0.1) is 5.82 Å². The van der Waals surface area contributed by atoms with Crippen molar-refractivity contribution in [2.45, 2.75) is 12.2 Å². The third-order valence-electron chi connectivity index (χ3n) is 1.92. The van der Waals surface area contributed by atoms with Gasteiger partial charge in [0.15, 0.2) is 0 Å². The average molecular weight is 257 g/mol. The number of carboxylic acid groups (broad SMARTS) is 1. The van der Waals surface area contributed by atoms with Gasteiger partial charge in [0, 0.05) is 5.69 Å². The molecule has 0 aromatic heterocycles. The van der Waals surface area contributed by atoms with Gasteiger partial charge in [0.1, 0.15) is 5.82 Å². The molecule has 1 atom stereocenters. The number of hydrogen-bond acceptors (Lipinski definition) is 3. The average Bonchev–Trinajstić information content (AvgIpc) is 2.25. The Balaban J connectivity index is 2.42. The number of hydrogen-bond donors (Lipinski definition) is 2. The zero-order chi connectivity index (χ0) is 12.8. The first-order valence-electron chi connectivity index (χ1n) is 4.89. The predicted molar refractivity (Wildman–Crippen MR) is 64.6 cm³/mol. The molecule has 0 saturated heterocycles. The van der Waals surface area contributed by atoms with Crippen LogP contribution in [0.15, 0.2) is 24.3 Å². The summed E-state index contributed by atoms with van der Waals surface area (Å²) >= 11 is 1.01. The molecule has 92 valence electrons. The fourth-order valence-corrected chi connectivity index (χ4v) is 1.65. The summed E-state index contributed by atoms with van der Waals surface area (Å²) in [5.41, 5.74) is 0.360. The van der Waals surface area contributed by atoms with E-state index in [2.05, 4.69) is 5.32 Å². The summed E-state index contributed by atoms with van der Waals surface area (Å²) in [6.07, 6.45) is 0. The molecule has 1 amide bonds.